The fourth-order valence-corrected chi connectivity index (χ4v) is 2.93. The van der Waals surface area contributed by atoms with Crippen molar-refractivity contribution in [2.75, 3.05) is 6.61 Å². The van der Waals surface area contributed by atoms with Crippen molar-refractivity contribution in [2.45, 2.75) is 116 Å². The minimum Gasteiger partial charge on any atom is -0.854 e. The van der Waals surface area contributed by atoms with E-state index in [1.165, 1.54) is 96.3 Å². The van der Waals surface area contributed by atoms with Crippen molar-refractivity contribution < 1.29 is 5.11 Å². The fraction of sp³-hybridized carbons (Fsp3) is 0.950. The molecule has 0 amide bonds. The van der Waals surface area contributed by atoms with Crippen LogP contribution in [0.25, 0.3) is 0 Å². The third kappa shape index (κ3) is 19.8. The van der Waals surface area contributed by atoms with Crippen molar-refractivity contribution in [3.63, 3.8) is 0 Å². The van der Waals surface area contributed by atoms with E-state index in [0.29, 0.717) is 0 Å². The predicted molar refractivity (Wildman–Crippen MR) is 93.3 cm³/mol. The van der Waals surface area contributed by atoms with Crippen LogP contribution in [0.3, 0.4) is 0 Å². The van der Waals surface area contributed by atoms with Gasteiger partial charge in [-0.1, -0.05) is 96.3 Å². The Kier molecular flexibility index (Phi) is 19.7. The van der Waals surface area contributed by atoms with Gasteiger partial charge < -0.3 is 5.11 Å². The van der Waals surface area contributed by atoms with E-state index < -0.39 is 0 Å². The Hall–Kier alpha value is -0.170. The molecule has 0 aromatic rings. The molecular weight excluding hydrogens is 256 g/mol. The average molecular weight is 297 g/mol. The van der Waals surface area contributed by atoms with Crippen LogP contribution < -0.4 is 5.11 Å². The van der Waals surface area contributed by atoms with Gasteiger partial charge in [0, 0.05) is 0 Å². The maximum absolute atomic E-state index is 10.3. The molecule has 1 nitrogen and oxygen atoms in total. The summed E-state index contributed by atoms with van der Waals surface area (Å²) < 4.78 is 0. The highest BCUT2D eigenvalue weighted by atomic mass is 16.2. The topological polar surface area (TPSA) is 23.1 Å². The van der Waals surface area contributed by atoms with Gasteiger partial charge in [0.2, 0.25) is 0 Å². The van der Waals surface area contributed by atoms with E-state index in [4.69, 9.17) is 0 Å². The predicted octanol–water partition coefficient (Wildman–Crippen LogP) is 6.20. The van der Waals surface area contributed by atoms with Crippen LogP contribution in [0.5, 0.6) is 0 Å². The van der Waals surface area contributed by atoms with Crippen molar-refractivity contribution in [1.29, 1.82) is 0 Å². The molecule has 0 radical (unpaired) electrons. The Morgan fingerprint density at radius 1 is 0.381 bits per heavy atom. The van der Waals surface area contributed by atoms with Gasteiger partial charge in [-0.15, -0.1) is 6.61 Å². The zero-order chi connectivity index (χ0) is 15.4. The molecule has 0 saturated carbocycles. The van der Waals surface area contributed by atoms with Gasteiger partial charge in [0.25, 0.3) is 0 Å². The Bertz CT molecular complexity index is 149. The van der Waals surface area contributed by atoms with Gasteiger partial charge in [-0.2, -0.15) is 0 Å². The Morgan fingerprint density at radius 2 is 0.619 bits per heavy atom. The molecule has 126 valence electrons. The summed E-state index contributed by atoms with van der Waals surface area (Å²) in [5.74, 6) is 0. The molecule has 0 atom stereocenters. The molecule has 0 fully saturated rings. The third-order valence-corrected chi connectivity index (χ3v) is 4.39. The number of hydrogen-bond acceptors (Lipinski definition) is 1. The zero-order valence-electron chi connectivity index (χ0n) is 14.6. The normalized spacial score (nSPS) is 11.1. The maximum atomic E-state index is 10.3. The molecule has 0 heterocycles. The first-order valence-electron chi connectivity index (χ1n) is 9.79. The summed E-state index contributed by atoms with van der Waals surface area (Å²) in [6.07, 6.45) is 24.2. The summed E-state index contributed by atoms with van der Waals surface area (Å²) in [6, 6.07) is 0. The van der Waals surface area contributed by atoms with E-state index in [0.717, 1.165) is 19.3 Å². The Balaban J connectivity index is 2.90. The average Bonchev–Trinajstić information content (AvgIpc) is 2.50. The van der Waals surface area contributed by atoms with Crippen LogP contribution in [0.1, 0.15) is 116 Å². The molecule has 0 rings (SSSR count). The molecule has 0 aromatic carbocycles. The molecule has 0 aromatic heterocycles. The molecule has 0 aliphatic heterocycles. The van der Waals surface area contributed by atoms with Crippen LogP contribution in [0.15, 0.2) is 0 Å². The first kappa shape index (κ1) is 20.8. The van der Waals surface area contributed by atoms with E-state index in [-0.39, 0.29) is 6.61 Å². The number of hydrogen-bond donors (Lipinski definition) is 0. The van der Waals surface area contributed by atoms with Crippen molar-refractivity contribution in [3.8, 4) is 0 Å². The standard InChI is InChI=1S/C20H40O/c1-2-3-4-5-6-7-8-9-10-11-12-13-14-15-16-17-18-19-20-21/h1-20H2. The summed E-state index contributed by atoms with van der Waals surface area (Å²) in [7, 11) is 0. The lowest BCUT2D eigenvalue weighted by molar-refractivity contribution is -0.368. The second-order valence-electron chi connectivity index (χ2n) is 6.57. The summed E-state index contributed by atoms with van der Waals surface area (Å²) >= 11 is 0. The van der Waals surface area contributed by atoms with Crippen molar-refractivity contribution >= 4 is 0 Å². The summed E-state index contributed by atoms with van der Waals surface area (Å²) in [5.41, 5.74) is 0. The van der Waals surface area contributed by atoms with Gasteiger partial charge in [-0.3, -0.25) is 0 Å². The molecule has 0 saturated heterocycles. The van der Waals surface area contributed by atoms with Crippen LogP contribution in [-0.4, -0.2) is 6.61 Å². The van der Waals surface area contributed by atoms with Gasteiger partial charge >= 0.3 is 0 Å². The van der Waals surface area contributed by atoms with E-state index in [1.54, 1.807) is 0 Å². The largest absolute Gasteiger partial charge is 0.854 e. The van der Waals surface area contributed by atoms with E-state index in [2.05, 4.69) is 6.92 Å². The fourth-order valence-electron chi connectivity index (χ4n) is 2.93. The second kappa shape index (κ2) is 19.8. The highest BCUT2D eigenvalue weighted by Gasteiger charge is 1.94. The molecule has 1 heteroatoms. The monoisotopic (exact) mass is 296 g/mol. The van der Waals surface area contributed by atoms with Crippen LogP contribution >= 0.6 is 0 Å². The lowest BCUT2D eigenvalue weighted by atomic mass is 10.0. The van der Waals surface area contributed by atoms with Crippen LogP contribution in [0.4, 0.5) is 0 Å². The minimum absolute atomic E-state index is 0.121. The molecular formula is C20H40O. The summed E-state index contributed by atoms with van der Waals surface area (Å²) in [4.78, 5) is 0. The zero-order valence-corrected chi connectivity index (χ0v) is 14.6. The van der Waals surface area contributed by atoms with Crippen LogP contribution in [0.2, 0.25) is 0 Å². The maximum Gasteiger partial charge on any atom is 0.0850 e. The summed E-state index contributed by atoms with van der Waals surface area (Å²) in [5, 5.41) is 10.3. The van der Waals surface area contributed by atoms with Crippen molar-refractivity contribution in [2.24, 2.45) is 0 Å². The molecule has 0 bridgehead atoms. The number of unbranched alkanes of at least 4 members (excludes halogenated alkanes) is 17. The smallest absolute Gasteiger partial charge is 0.0850 e. The van der Waals surface area contributed by atoms with Gasteiger partial charge in [-0.05, 0) is 12.8 Å². The van der Waals surface area contributed by atoms with Crippen LogP contribution in [0, 0.1) is 6.92 Å². The molecule has 0 spiro atoms. The van der Waals surface area contributed by atoms with Gasteiger partial charge in [0.05, 0.1) is 13.3 Å². The minimum atomic E-state index is 0.121. The van der Waals surface area contributed by atoms with Gasteiger partial charge in [0.15, 0.2) is 0 Å². The molecule has 0 N–H and O–H groups in total. The van der Waals surface area contributed by atoms with E-state index in [9.17, 15) is 5.11 Å². The van der Waals surface area contributed by atoms with E-state index >= 15 is 0 Å². The second-order valence-corrected chi connectivity index (χ2v) is 6.57. The van der Waals surface area contributed by atoms with Crippen molar-refractivity contribution in [3.05, 3.63) is 6.92 Å². The molecule has 21 heavy (non-hydrogen) atoms. The number of rotatable bonds is 18. The SMILES string of the molecule is [CH2+]CCCCCCCCCCCCCCCCCCC[O-]. The molecule has 0 aliphatic carbocycles. The lowest BCUT2D eigenvalue weighted by Crippen LogP contribution is -2.04. The summed E-state index contributed by atoms with van der Waals surface area (Å²) in [6.45, 7) is 4.01. The van der Waals surface area contributed by atoms with Crippen LogP contribution in [-0.2, 0) is 0 Å². The highest BCUT2D eigenvalue weighted by molar-refractivity contribution is 4.50. The first-order valence-corrected chi connectivity index (χ1v) is 9.79. The van der Waals surface area contributed by atoms with Crippen molar-refractivity contribution in [1.82, 2.24) is 0 Å². The molecule has 0 unspecified atom stereocenters. The Morgan fingerprint density at radius 3 is 0.857 bits per heavy atom. The quantitative estimate of drug-likeness (QED) is 0.218. The van der Waals surface area contributed by atoms with Gasteiger partial charge in [-0.25, -0.2) is 0 Å². The molecule has 0 aliphatic rings. The lowest BCUT2D eigenvalue weighted by Gasteiger charge is -2.04. The highest BCUT2D eigenvalue weighted by Crippen LogP contribution is 2.14. The van der Waals surface area contributed by atoms with E-state index in [1.807, 2.05) is 0 Å². The third-order valence-electron chi connectivity index (χ3n) is 4.39. The van der Waals surface area contributed by atoms with Gasteiger partial charge in [0.1, 0.15) is 0 Å². The Labute approximate surface area is 134 Å². The first-order chi connectivity index (χ1) is 10.4.